The van der Waals surface area contributed by atoms with E-state index in [0.29, 0.717) is 5.69 Å². The number of aliphatic imine (C=N–C) groups is 1. The number of aromatic nitrogens is 2. The van der Waals surface area contributed by atoms with Crippen LogP contribution in [0.2, 0.25) is 0 Å². The van der Waals surface area contributed by atoms with Crippen LogP contribution in [0.1, 0.15) is 0 Å². The summed E-state index contributed by atoms with van der Waals surface area (Å²) in [6.07, 6.45) is 0. The van der Waals surface area contributed by atoms with Gasteiger partial charge in [0.05, 0.1) is 12.8 Å². The predicted molar refractivity (Wildman–Crippen MR) is 98.2 cm³/mol. The van der Waals surface area contributed by atoms with Crippen molar-refractivity contribution in [3.8, 4) is 17.0 Å². The molecule has 3 aromatic rings. The minimum Gasteiger partial charge on any atom is -0.497 e. The summed E-state index contributed by atoms with van der Waals surface area (Å²) >= 11 is 0. The van der Waals surface area contributed by atoms with Gasteiger partial charge in [0, 0.05) is 17.3 Å². The summed E-state index contributed by atoms with van der Waals surface area (Å²) in [6, 6.07) is 18.0. The van der Waals surface area contributed by atoms with E-state index in [-0.39, 0.29) is 17.5 Å². The molecular formula is C18H17N5O2. The number of nitrogens with one attached hydrogen (secondary N) is 2. The lowest BCUT2D eigenvalue weighted by molar-refractivity contribution is 0.415. The van der Waals surface area contributed by atoms with Crippen LogP contribution in [-0.4, -0.2) is 23.0 Å². The lowest BCUT2D eigenvalue weighted by Gasteiger charge is -2.07. The standard InChI is InChI=1S/C18H17N5O2/c1-25-14-9-7-13(8-10-14)20-17(19)23-18-21-15(11-16(24)22-18)12-5-3-2-4-6-12/h2-11H,1H3,(H4,19,20,21,22,23,24). The molecular weight excluding hydrogens is 318 g/mol. The first-order valence-electron chi connectivity index (χ1n) is 7.56. The van der Waals surface area contributed by atoms with Crippen molar-refractivity contribution < 1.29 is 4.74 Å². The average Bonchev–Trinajstić information content (AvgIpc) is 2.62. The number of hydrogen-bond acceptors (Lipinski definition) is 4. The van der Waals surface area contributed by atoms with E-state index in [4.69, 9.17) is 10.5 Å². The molecule has 3 rings (SSSR count). The second-order valence-electron chi connectivity index (χ2n) is 5.17. The topological polar surface area (TPSA) is 105 Å². The monoisotopic (exact) mass is 335 g/mol. The first kappa shape index (κ1) is 16.3. The Balaban J connectivity index is 1.84. The number of anilines is 1. The van der Waals surface area contributed by atoms with Crippen LogP contribution in [-0.2, 0) is 0 Å². The highest BCUT2D eigenvalue weighted by molar-refractivity contribution is 5.93. The van der Waals surface area contributed by atoms with Crippen LogP contribution in [0.5, 0.6) is 5.75 Å². The summed E-state index contributed by atoms with van der Waals surface area (Å²) in [5.74, 6) is 0.978. The summed E-state index contributed by atoms with van der Waals surface area (Å²) in [5.41, 5.74) is 7.68. The summed E-state index contributed by atoms with van der Waals surface area (Å²) in [4.78, 5) is 22.9. The molecule has 1 heterocycles. The molecule has 0 atom stereocenters. The SMILES string of the molecule is COc1ccc(N/C(N)=N/c2nc(-c3ccccc3)cc(=O)[nH]2)cc1. The van der Waals surface area contributed by atoms with Crippen LogP contribution in [0.25, 0.3) is 11.3 Å². The predicted octanol–water partition coefficient (Wildman–Crippen LogP) is 2.50. The van der Waals surface area contributed by atoms with E-state index in [2.05, 4.69) is 20.3 Å². The normalized spacial score (nSPS) is 11.2. The third-order valence-electron chi connectivity index (χ3n) is 3.39. The lowest BCUT2D eigenvalue weighted by atomic mass is 10.1. The number of H-pyrrole nitrogens is 1. The second-order valence-corrected chi connectivity index (χ2v) is 5.17. The third-order valence-corrected chi connectivity index (χ3v) is 3.39. The molecule has 25 heavy (non-hydrogen) atoms. The molecule has 0 aliphatic heterocycles. The molecule has 0 amide bonds. The summed E-state index contributed by atoms with van der Waals surface area (Å²) in [7, 11) is 1.60. The molecule has 7 nitrogen and oxygen atoms in total. The number of ether oxygens (including phenoxy) is 1. The number of nitrogens with zero attached hydrogens (tertiary/aromatic N) is 2. The Bertz CT molecular complexity index is 934. The van der Waals surface area contributed by atoms with E-state index >= 15 is 0 Å². The Kier molecular flexibility index (Phi) is 4.75. The molecule has 0 radical (unpaired) electrons. The minimum absolute atomic E-state index is 0.110. The molecule has 4 N–H and O–H groups in total. The van der Waals surface area contributed by atoms with Gasteiger partial charge < -0.3 is 15.8 Å². The van der Waals surface area contributed by atoms with Gasteiger partial charge in [0.2, 0.25) is 11.9 Å². The highest BCUT2D eigenvalue weighted by Crippen LogP contribution is 2.17. The molecule has 0 aliphatic rings. The van der Waals surface area contributed by atoms with E-state index in [1.165, 1.54) is 6.07 Å². The third kappa shape index (κ3) is 4.23. The van der Waals surface area contributed by atoms with Crippen molar-refractivity contribution in [1.82, 2.24) is 9.97 Å². The number of nitrogens with two attached hydrogens (primary N) is 1. The van der Waals surface area contributed by atoms with Crippen LogP contribution in [0.3, 0.4) is 0 Å². The summed E-state index contributed by atoms with van der Waals surface area (Å²) in [6.45, 7) is 0. The van der Waals surface area contributed by atoms with Crippen molar-refractivity contribution in [2.24, 2.45) is 10.7 Å². The zero-order valence-electron chi connectivity index (χ0n) is 13.6. The first-order chi connectivity index (χ1) is 12.1. The van der Waals surface area contributed by atoms with E-state index in [9.17, 15) is 4.79 Å². The molecule has 0 saturated heterocycles. The van der Waals surface area contributed by atoms with Crippen molar-refractivity contribution in [3.05, 3.63) is 71.0 Å². The highest BCUT2D eigenvalue weighted by atomic mass is 16.5. The Labute approximate surface area is 144 Å². The smallest absolute Gasteiger partial charge is 0.252 e. The lowest BCUT2D eigenvalue weighted by Crippen LogP contribution is -2.22. The van der Waals surface area contributed by atoms with Gasteiger partial charge in [-0.2, -0.15) is 4.99 Å². The van der Waals surface area contributed by atoms with Gasteiger partial charge in [0.1, 0.15) is 5.75 Å². The van der Waals surface area contributed by atoms with Gasteiger partial charge >= 0.3 is 0 Å². The van der Waals surface area contributed by atoms with Gasteiger partial charge in [-0.05, 0) is 24.3 Å². The van der Waals surface area contributed by atoms with Crippen molar-refractivity contribution in [2.75, 3.05) is 12.4 Å². The van der Waals surface area contributed by atoms with Gasteiger partial charge in [0.15, 0.2) is 0 Å². The maximum absolute atomic E-state index is 11.9. The Morgan fingerprint density at radius 3 is 2.56 bits per heavy atom. The van der Waals surface area contributed by atoms with Crippen LogP contribution in [0.15, 0.2) is 70.5 Å². The number of methoxy groups -OCH3 is 1. The number of rotatable bonds is 4. The zero-order valence-corrected chi connectivity index (χ0v) is 13.6. The van der Waals surface area contributed by atoms with E-state index in [0.717, 1.165) is 17.0 Å². The summed E-state index contributed by atoms with van der Waals surface area (Å²) in [5, 5.41) is 2.93. The molecule has 0 saturated carbocycles. The van der Waals surface area contributed by atoms with Gasteiger partial charge in [-0.1, -0.05) is 30.3 Å². The quantitative estimate of drug-likeness (QED) is 0.502. The van der Waals surface area contributed by atoms with Crippen molar-refractivity contribution in [1.29, 1.82) is 0 Å². The molecule has 0 aliphatic carbocycles. The zero-order chi connectivity index (χ0) is 17.6. The van der Waals surface area contributed by atoms with Gasteiger partial charge in [-0.15, -0.1) is 0 Å². The van der Waals surface area contributed by atoms with Crippen LogP contribution in [0, 0.1) is 0 Å². The maximum atomic E-state index is 11.9. The molecule has 126 valence electrons. The molecule has 7 heteroatoms. The average molecular weight is 335 g/mol. The number of guanidine groups is 1. The fourth-order valence-electron chi connectivity index (χ4n) is 2.22. The second kappa shape index (κ2) is 7.31. The van der Waals surface area contributed by atoms with Crippen molar-refractivity contribution >= 4 is 17.6 Å². The molecule has 0 fully saturated rings. The van der Waals surface area contributed by atoms with Crippen molar-refractivity contribution in [3.63, 3.8) is 0 Å². The highest BCUT2D eigenvalue weighted by Gasteiger charge is 2.04. The fraction of sp³-hybridized carbons (Fsp3) is 0.0556. The first-order valence-corrected chi connectivity index (χ1v) is 7.56. The van der Waals surface area contributed by atoms with E-state index < -0.39 is 0 Å². The van der Waals surface area contributed by atoms with Crippen molar-refractivity contribution in [2.45, 2.75) is 0 Å². The number of benzene rings is 2. The fourth-order valence-corrected chi connectivity index (χ4v) is 2.22. The van der Waals surface area contributed by atoms with Gasteiger partial charge in [-0.3, -0.25) is 9.78 Å². The van der Waals surface area contributed by atoms with Crippen LogP contribution >= 0.6 is 0 Å². The molecule has 0 bridgehead atoms. The minimum atomic E-state index is -0.301. The molecule has 1 aromatic heterocycles. The van der Waals surface area contributed by atoms with Crippen LogP contribution < -0.4 is 21.3 Å². The molecule has 0 unspecified atom stereocenters. The Morgan fingerprint density at radius 1 is 1.16 bits per heavy atom. The van der Waals surface area contributed by atoms with E-state index in [1.807, 2.05) is 30.3 Å². The van der Waals surface area contributed by atoms with Gasteiger partial charge in [-0.25, -0.2) is 4.98 Å². The number of hydrogen-bond donors (Lipinski definition) is 3. The summed E-state index contributed by atoms with van der Waals surface area (Å²) < 4.78 is 5.10. The largest absolute Gasteiger partial charge is 0.497 e. The molecule has 2 aromatic carbocycles. The van der Waals surface area contributed by atoms with Gasteiger partial charge in [0.25, 0.3) is 5.56 Å². The van der Waals surface area contributed by atoms with E-state index in [1.54, 1.807) is 31.4 Å². The number of aromatic amines is 1. The Morgan fingerprint density at radius 2 is 1.88 bits per heavy atom. The molecule has 0 spiro atoms. The maximum Gasteiger partial charge on any atom is 0.252 e. The Hall–Kier alpha value is -3.61. The van der Waals surface area contributed by atoms with Crippen LogP contribution in [0.4, 0.5) is 11.6 Å².